The number of nitrogens with zero attached hydrogens (tertiary/aromatic N) is 1. The molecule has 1 N–H and O–H groups in total. The molecule has 0 saturated carbocycles. The lowest BCUT2D eigenvalue weighted by atomic mass is 10.1. The van der Waals surface area contributed by atoms with Gasteiger partial charge in [0.2, 0.25) is 0 Å². The lowest BCUT2D eigenvalue weighted by Gasteiger charge is -2.09. The molecule has 0 saturated heterocycles. The van der Waals surface area contributed by atoms with Crippen molar-refractivity contribution < 1.29 is 22.7 Å². The highest BCUT2D eigenvalue weighted by atomic mass is 19.4. The number of carbonyl (C=O) groups is 1. The number of halogens is 3. The van der Waals surface area contributed by atoms with Crippen molar-refractivity contribution in [2.75, 3.05) is 11.9 Å². The smallest absolute Gasteiger partial charge is 0.416 e. The number of anilines is 1. The molecule has 30 heavy (non-hydrogen) atoms. The van der Waals surface area contributed by atoms with Crippen molar-refractivity contribution in [3.8, 4) is 11.8 Å². The number of hydrogen-bond donors (Lipinski definition) is 1. The van der Waals surface area contributed by atoms with Gasteiger partial charge in [0, 0.05) is 5.69 Å². The fourth-order valence-corrected chi connectivity index (χ4v) is 2.67. The van der Waals surface area contributed by atoms with E-state index >= 15 is 0 Å². The third-order valence-corrected chi connectivity index (χ3v) is 4.27. The van der Waals surface area contributed by atoms with E-state index in [9.17, 15) is 23.2 Å². The number of amides is 1. The normalized spacial score (nSPS) is 11.6. The SMILES string of the molecule is CCCCCCOc1ccc(C=C(C#N)C(=O)Nc2cccc(C(F)(F)F)c2)cc1. The van der Waals surface area contributed by atoms with Gasteiger partial charge >= 0.3 is 6.18 Å². The van der Waals surface area contributed by atoms with Gasteiger partial charge < -0.3 is 10.1 Å². The van der Waals surface area contributed by atoms with E-state index in [4.69, 9.17) is 4.74 Å². The lowest BCUT2D eigenvalue weighted by Crippen LogP contribution is -2.14. The van der Waals surface area contributed by atoms with Crippen LogP contribution in [0.1, 0.15) is 43.7 Å². The molecular formula is C23H23F3N2O2. The molecule has 1 amide bonds. The Balaban J connectivity index is 2.01. The van der Waals surface area contributed by atoms with Crippen molar-refractivity contribution in [2.24, 2.45) is 0 Å². The van der Waals surface area contributed by atoms with Gasteiger partial charge in [0.25, 0.3) is 5.91 Å². The molecule has 0 unspecified atom stereocenters. The Hall–Kier alpha value is -3.27. The van der Waals surface area contributed by atoms with Crippen LogP contribution in [0.5, 0.6) is 5.75 Å². The van der Waals surface area contributed by atoms with E-state index in [-0.39, 0.29) is 11.3 Å². The summed E-state index contributed by atoms with van der Waals surface area (Å²) in [5.74, 6) is -0.0938. The number of nitriles is 1. The van der Waals surface area contributed by atoms with Crippen LogP contribution in [0.3, 0.4) is 0 Å². The molecule has 0 aliphatic rings. The van der Waals surface area contributed by atoms with Crippen LogP contribution in [-0.4, -0.2) is 12.5 Å². The first kappa shape index (κ1) is 23.0. The maximum Gasteiger partial charge on any atom is 0.416 e. The predicted molar refractivity (Wildman–Crippen MR) is 110 cm³/mol. The Morgan fingerprint density at radius 3 is 2.50 bits per heavy atom. The fraction of sp³-hybridized carbons (Fsp3) is 0.304. The van der Waals surface area contributed by atoms with Crippen LogP contribution in [0.25, 0.3) is 6.08 Å². The highest BCUT2D eigenvalue weighted by molar-refractivity contribution is 6.09. The molecule has 7 heteroatoms. The predicted octanol–water partition coefficient (Wildman–Crippen LogP) is 6.21. The number of rotatable bonds is 9. The average molecular weight is 416 g/mol. The maximum absolute atomic E-state index is 12.8. The largest absolute Gasteiger partial charge is 0.494 e. The van der Waals surface area contributed by atoms with E-state index < -0.39 is 17.6 Å². The summed E-state index contributed by atoms with van der Waals surface area (Å²) in [5, 5.41) is 11.6. The zero-order valence-electron chi connectivity index (χ0n) is 16.6. The van der Waals surface area contributed by atoms with E-state index in [1.807, 2.05) is 0 Å². The van der Waals surface area contributed by atoms with E-state index in [0.29, 0.717) is 17.9 Å². The summed E-state index contributed by atoms with van der Waals surface area (Å²) in [6, 6.07) is 12.9. The van der Waals surface area contributed by atoms with Crippen molar-refractivity contribution in [3.05, 3.63) is 65.2 Å². The zero-order chi connectivity index (χ0) is 22.0. The molecule has 4 nitrogen and oxygen atoms in total. The van der Waals surface area contributed by atoms with Gasteiger partial charge in [-0.15, -0.1) is 0 Å². The summed E-state index contributed by atoms with van der Waals surface area (Å²) in [6.07, 6.45) is 1.27. The Kier molecular flexibility index (Phi) is 8.48. The number of benzene rings is 2. The zero-order valence-corrected chi connectivity index (χ0v) is 16.6. The second kappa shape index (κ2) is 11.1. The molecule has 0 bridgehead atoms. The van der Waals surface area contributed by atoms with Gasteiger partial charge in [0.15, 0.2) is 0 Å². The summed E-state index contributed by atoms with van der Waals surface area (Å²) < 4.78 is 44.0. The molecule has 0 spiro atoms. The van der Waals surface area contributed by atoms with Crippen LogP contribution in [-0.2, 0) is 11.0 Å². The Morgan fingerprint density at radius 1 is 1.13 bits per heavy atom. The molecule has 0 atom stereocenters. The van der Waals surface area contributed by atoms with Crippen molar-refractivity contribution in [1.82, 2.24) is 0 Å². The van der Waals surface area contributed by atoms with Gasteiger partial charge in [0.05, 0.1) is 12.2 Å². The van der Waals surface area contributed by atoms with E-state index in [2.05, 4.69) is 12.2 Å². The van der Waals surface area contributed by atoms with Crippen molar-refractivity contribution in [1.29, 1.82) is 5.26 Å². The molecule has 0 aromatic heterocycles. The fourth-order valence-electron chi connectivity index (χ4n) is 2.67. The Labute approximate surface area is 174 Å². The molecule has 2 rings (SSSR count). The summed E-state index contributed by atoms with van der Waals surface area (Å²) in [7, 11) is 0. The minimum Gasteiger partial charge on any atom is -0.494 e. The lowest BCUT2D eigenvalue weighted by molar-refractivity contribution is -0.137. The highest BCUT2D eigenvalue weighted by Crippen LogP contribution is 2.30. The molecule has 2 aromatic rings. The molecule has 0 aliphatic carbocycles. The first-order valence-electron chi connectivity index (χ1n) is 9.66. The maximum atomic E-state index is 12.8. The van der Waals surface area contributed by atoms with Crippen molar-refractivity contribution >= 4 is 17.7 Å². The number of unbranched alkanes of at least 4 members (excludes halogenated alkanes) is 3. The number of hydrogen-bond acceptors (Lipinski definition) is 3. The topological polar surface area (TPSA) is 62.1 Å². The number of alkyl halides is 3. The average Bonchev–Trinajstić information content (AvgIpc) is 2.72. The molecule has 0 radical (unpaired) electrons. The van der Waals surface area contributed by atoms with E-state index in [1.165, 1.54) is 24.6 Å². The van der Waals surface area contributed by atoms with Crippen LogP contribution in [0.4, 0.5) is 18.9 Å². The van der Waals surface area contributed by atoms with Gasteiger partial charge in [-0.25, -0.2) is 0 Å². The van der Waals surface area contributed by atoms with E-state index in [0.717, 1.165) is 31.4 Å². The molecule has 2 aromatic carbocycles. The van der Waals surface area contributed by atoms with Crippen LogP contribution in [0.15, 0.2) is 54.1 Å². The van der Waals surface area contributed by atoms with Crippen LogP contribution in [0.2, 0.25) is 0 Å². The minimum atomic E-state index is -4.52. The number of nitrogens with one attached hydrogen (secondary N) is 1. The molecule has 0 aliphatic heterocycles. The first-order valence-corrected chi connectivity index (χ1v) is 9.66. The van der Waals surface area contributed by atoms with Gasteiger partial charge in [-0.3, -0.25) is 4.79 Å². The van der Waals surface area contributed by atoms with Crippen LogP contribution < -0.4 is 10.1 Å². The molecule has 0 fully saturated rings. The van der Waals surface area contributed by atoms with Gasteiger partial charge in [0.1, 0.15) is 17.4 Å². The number of carbonyl (C=O) groups excluding carboxylic acids is 1. The van der Waals surface area contributed by atoms with Crippen molar-refractivity contribution in [2.45, 2.75) is 38.8 Å². The Morgan fingerprint density at radius 2 is 1.87 bits per heavy atom. The summed E-state index contributed by atoms with van der Waals surface area (Å²) in [4.78, 5) is 12.3. The monoisotopic (exact) mass is 416 g/mol. The van der Waals surface area contributed by atoms with Gasteiger partial charge in [-0.2, -0.15) is 18.4 Å². The standard InChI is InChI=1S/C23H23F3N2O2/c1-2-3-4-5-13-30-21-11-9-17(10-12-21)14-18(16-27)22(29)28-20-8-6-7-19(15-20)23(24,25)26/h6-12,14-15H,2-5,13H2,1H3,(H,28,29). The first-order chi connectivity index (χ1) is 14.3. The third-order valence-electron chi connectivity index (χ3n) is 4.27. The molecule has 0 heterocycles. The van der Waals surface area contributed by atoms with Gasteiger partial charge in [-0.05, 0) is 48.4 Å². The summed E-state index contributed by atoms with van der Waals surface area (Å²) in [6.45, 7) is 2.76. The third kappa shape index (κ3) is 7.28. The quantitative estimate of drug-likeness (QED) is 0.300. The molecule has 158 valence electrons. The highest BCUT2D eigenvalue weighted by Gasteiger charge is 2.30. The minimum absolute atomic E-state index is 0.0391. The van der Waals surface area contributed by atoms with Crippen molar-refractivity contribution in [3.63, 3.8) is 0 Å². The van der Waals surface area contributed by atoms with Crippen LogP contribution in [0, 0.1) is 11.3 Å². The second-order valence-corrected chi connectivity index (χ2v) is 6.68. The van der Waals surface area contributed by atoms with E-state index in [1.54, 1.807) is 30.3 Å². The summed E-state index contributed by atoms with van der Waals surface area (Å²) >= 11 is 0. The number of ether oxygens (including phenoxy) is 1. The van der Waals surface area contributed by atoms with Gasteiger partial charge in [-0.1, -0.05) is 44.4 Å². The molecular weight excluding hydrogens is 393 g/mol. The second-order valence-electron chi connectivity index (χ2n) is 6.68. The van der Waals surface area contributed by atoms with Crippen LogP contribution >= 0.6 is 0 Å². The Bertz CT molecular complexity index is 913. The summed E-state index contributed by atoms with van der Waals surface area (Å²) in [5.41, 5.74) is -0.541.